The van der Waals surface area contributed by atoms with E-state index in [0.29, 0.717) is 13.1 Å². The third-order valence-electron chi connectivity index (χ3n) is 2.37. The van der Waals surface area contributed by atoms with Crippen molar-refractivity contribution < 1.29 is 13.2 Å². The van der Waals surface area contributed by atoms with E-state index in [1.807, 2.05) is 30.3 Å². The average molecular weight is 255 g/mol. The van der Waals surface area contributed by atoms with Gasteiger partial charge in [-0.2, -0.15) is 18.3 Å². The number of rotatable bonds is 4. The zero-order valence-electron chi connectivity index (χ0n) is 9.48. The Labute approximate surface area is 102 Å². The van der Waals surface area contributed by atoms with Crippen LogP contribution >= 0.6 is 0 Å². The quantitative estimate of drug-likeness (QED) is 0.910. The molecule has 0 aliphatic rings. The monoisotopic (exact) mass is 255 g/mol. The van der Waals surface area contributed by atoms with Crippen molar-refractivity contribution in [3.8, 4) is 0 Å². The molecule has 6 heteroatoms. The van der Waals surface area contributed by atoms with Crippen LogP contribution in [0.15, 0.2) is 42.6 Å². The van der Waals surface area contributed by atoms with Crippen molar-refractivity contribution in [3.63, 3.8) is 0 Å². The molecule has 0 aliphatic carbocycles. The summed E-state index contributed by atoms with van der Waals surface area (Å²) in [7, 11) is 0. The fraction of sp³-hybridized carbons (Fsp3) is 0.250. The van der Waals surface area contributed by atoms with E-state index in [0.717, 1.165) is 11.8 Å². The van der Waals surface area contributed by atoms with Gasteiger partial charge in [-0.3, -0.25) is 4.68 Å². The Morgan fingerprint density at radius 1 is 1.11 bits per heavy atom. The van der Waals surface area contributed by atoms with Crippen LogP contribution in [-0.2, 0) is 12.7 Å². The van der Waals surface area contributed by atoms with E-state index in [9.17, 15) is 13.2 Å². The number of halogens is 3. The maximum atomic E-state index is 12.3. The number of hydrogen-bond donors (Lipinski definition) is 1. The number of nitrogens with zero attached hydrogens (tertiary/aromatic N) is 2. The van der Waals surface area contributed by atoms with Crippen molar-refractivity contribution in [1.82, 2.24) is 9.78 Å². The van der Waals surface area contributed by atoms with E-state index in [1.165, 1.54) is 10.9 Å². The van der Waals surface area contributed by atoms with Crippen LogP contribution in [0.1, 0.15) is 5.69 Å². The first kappa shape index (κ1) is 12.5. The summed E-state index contributed by atoms with van der Waals surface area (Å²) < 4.78 is 38.2. The van der Waals surface area contributed by atoms with Crippen LogP contribution in [-0.4, -0.2) is 16.3 Å². The normalized spacial score (nSPS) is 11.5. The highest BCUT2D eigenvalue weighted by atomic mass is 19.4. The highest BCUT2D eigenvalue weighted by molar-refractivity contribution is 5.42. The predicted octanol–water partition coefficient (Wildman–Crippen LogP) is 3.01. The molecular weight excluding hydrogens is 243 g/mol. The number of benzene rings is 1. The first-order chi connectivity index (χ1) is 8.55. The number of alkyl halides is 3. The van der Waals surface area contributed by atoms with E-state index in [-0.39, 0.29) is 0 Å². The average Bonchev–Trinajstić information content (AvgIpc) is 2.79. The van der Waals surface area contributed by atoms with E-state index in [4.69, 9.17) is 0 Å². The van der Waals surface area contributed by atoms with E-state index < -0.39 is 11.9 Å². The van der Waals surface area contributed by atoms with Gasteiger partial charge in [0, 0.05) is 18.4 Å². The topological polar surface area (TPSA) is 29.9 Å². The predicted molar refractivity (Wildman–Crippen MR) is 62.2 cm³/mol. The molecule has 1 aromatic carbocycles. The van der Waals surface area contributed by atoms with E-state index in [2.05, 4.69) is 10.4 Å². The van der Waals surface area contributed by atoms with Gasteiger partial charge < -0.3 is 5.32 Å². The van der Waals surface area contributed by atoms with Gasteiger partial charge in [0.05, 0.1) is 6.54 Å². The Hall–Kier alpha value is -1.98. The van der Waals surface area contributed by atoms with E-state index >= 15 is 0 Å². The number of aromatic nitrogens is 2. The van der Waals surface area contributed by atoms with Gasteiger partial charge in [-0.25, -0.2) is 0 Å². The molecule has 1 heterocycles. The standard InChI is InChI=1S/C12H12F3N3/c13-12(14,15)11-6-8-18(17-11)9-7-16-10-4-2-1-3-5-10/h1-6,8,16H,7,9H2. The van der Waals surface area contributed by atoms with Crippen molar-refractivity contribution >= 4 is 5.69 Å². The van der Waals surface area contributed by atoms with Crippen LogP contribution < -0.4 is 5.32 Å². The molecular formula is C12H12F3N3. The number of para-hydroxylation sites is 1. The molecule has 0 amide bonds. The van der Waals surface area contributed by atoms with Gasteiger partial charge in [0.15, 0.2) is 5.69 Å². The Morgan fingerprint density at radius 2 is 1.83 bits per heavy atom. The summed E-state index contributed by atoms with van der Waals surface area (Å²) >= 11 is 0. The first-order valence-electron chi connectivity index (χ1n) is 5.45. The summed E-state index contributed by atoms with van der Waals surface area (Å²) in [6.07, 6.45) is -3.05. The molecule has 1 aromatic heterocycles. The van der Waals surface area contributed by atoms with E-state index in [1.54, 1.807) is 0 Å². The van der Waals surface area contributed by atoms with Crippen molar-refractivity contribution in [2.75, 3.05) is 11.9 Å². The highest BCUT2D eigenvalue weighted by Gasteiger charge is 2.33. The van der Waals surface area contributed by atoms with Crippen molar-refractivity contribution in [3.05, 3.63) is 48.3 Å². The molecule has 0 spiro atoms. The van der Waals surface area contributed by atoms with Crippen molar-refractivity contribution in [2.24, 2.45) is 0 Å². The fourth-order valence-electron chi connectivity index (χ4n) is 1.51. The molecule has 2 aromatic rings. The summed E-state index contributed by atoms with van der Waals surface area (Å²) in [6, 6.07) is 10.4. The SMILES string of the molecule is FC(F)(F)c1ccn(CCNc2ccccc2)n1. The zero-order valence-corrected chi connectivity index (χ0v) is 9.48. The lowest BCUT2D eigenvalue weighted by atomic mass is 10.3. The largest absolute Gasteiger partial charge is 0.435 e. The fourth-order valence-corrected chi connectivity index (χ4v) is 1.51. The molecule has 3 nitrogen and oxygen atoms in total. The Balaban J connectivity index is 1.86. The van der Waals surface area contributed by atoms with Crippen molar-refractivity contribution in [1.29, 1.82) is 0 Å². The maximum Gasteiger partial charge on any atom is 0.435 e. The number of hydrogen-bond acceptors (Lipinski definition) is 2. The van der Waals surface area contributed by atoms with Gasteiger partial charge in [0.25, 0.3) is 0 Å². The first-order valence-corrected chi connectivity index (χ1v) is 5.45. The lowest BCUT2D eigenvalue weighted by molar-refractivity contribution is -0.141. The second-order valence-electron chi connectivity index (χ2n) is 3.75. The molecule has 0 bridgehead atoms. The van der Waals surface area contributed by atoms with Gasteiger partial charge in [-0.1, -0.05) is 18.2 Å². The maximum absolute atomic E-state index is 12.3. The summed E-state index contributed by atoms with van der Waals surface area (Å²) in [5, 5.41) is 6.56. The molecule has 0 saturated heterocycles. The lowest BCUT2D eigenvalue weighted by Crippen LogP contribution is -2.13. The van der Waals surface area contributed by atoms with Crippen LogP contribution in [0.2, 0.25) is 0 Å². The van der Waals surface area contributed by atoms with Crippen LogP contribution in [0.5, 0.6) is 0 Å². The molecule has 0 radical (unpaired) electrons. The number of anilines is 1. The molecule has 0 aliphatic heterocycles. The zero-order chi connectivity index (χ0) is 13.0. The molecule has 18 heavy (non-hydrogen) atoms. The third-order valence-corrected chi connectivity index (χ3v) is 2.37. The van der Waals surface area contributed by atoms with Crippen molar-refractivity contribution in [2.45, 2.75) is 12.7 Å². The molecule has 96 valence electrons. The van der Waals surface area contributed by atoms with Gasteiger partial charge in [-0.05, 0) is 18.2 Å². The third kappa shape index (κ3) is 3.26. The molecule has 1 N–H and O–H groups in total. The van der Waals surface area contributed by atoms with Crippen LogP contribution in [0, 0.1) is 0 Å². The minimum absolute atomic E-state index is 0.380. The summed E-state index contributed by atoms with van der Waals surface area (Å²) in [5.74, 6) is 0. The Kier molecular flexibility index (Phi) is 3.55. The highest BCUT2D eigenvalue weighted by Crippen LogP contribution is 2.27. The minimum Gasteiger partial charge on any atom is -0.383 e. The second kappa shape index (κ2) is 5.12. The van der Waals surface area contributed by atoms with Gasteiger partial charge in [0.1, 0.15) is 0 Å². The number of nitrogens with one attached hydrogen (secondary N) is 1. The van der Waals surface area contributed by atoms with Crippen LogP contribution in [0.25, 0.3) is 0 Å². The Morgan fingerprint density at radius 3 is 2.44 bits per heavy atom. The molecule has 0 fully saturated rings. The van der Waals surface area contributed by atoms with Crippen LogP contribution in [0.3, 0.4) is 0 Å². The van der Waals surface area contributed by atoms with Gasteiger partial charge in [-0.15, -0.1) is 0 Å². The Bertz CT molecular complexity index is 491. The lowest BCUT2D eigenvalue weighted by Gasteiger charge is -2.06. The summed E-state index contributed by atoms with van der Waals surface area (Å²) in [6.45, 7) is 0.897. The van der Waals surface area contributed by atoms with Crippen LogP contribution in [0.4, 0.5) is 18.9 Å². The molecule has 2 rings (SSSR count). The molecule has 0 atom stereocenters. The second-order valence-corrected chi connectivity index (χ2v) is 3.75. The molecule has 0 saturated carbocycles. The summed E-state index contributed by atoms with van der Waals surface area (Å²) in [4.78, 5) is 0. The smallest absolute Gasteiger partial charge is 0.383 e. The minimum atomic E-state index is -4.38. The summed E-state index contributed by atoms with van der Waals surface area (Å²) in [5.41, 5.74) is 0.0721. The molecule has 0 unspecified atom stereocenters. The van der Waals surface area contributed by atoms with Gasteiger partial charge in [0.2, 0.25) is 0 Å². The van der Waals surface area contributed by atoms with Gasteiger partial charge >= 0.3 is 6.18 Å².